The molecular weight excluding hydrogens is 392 g/mol. The fourth-order valence-corrected chi connectivity index (χ4v) is 4.57. The maximum absolute atomic E-state index is 12.6. The molecule has 1 fully saturated rings. The Labute approximate surface area is 178 Å². The van der Waals surface area contributed by atoms with Crippen LogP contribution in [0.3, 0.4) is 0 Å². The molecule has 0 bridgehead atoms. The quantitative estimate of drug-likeness (QED) is 0.532. The Morgan fingerprint density at radius 2 is 1.81 bits per heavy atom. The summed E-state index contributed by atoms with van der Waals surface area (Å²) < 4.78 is 3.37. The van der Waals surface area contributed by atoms with E-state index in [2.05, 4.69) is 0 Å². The van der Waals surface area contributed by atoms with Gasteiger partial charge in [0.1, 0.15) is 5.69 Å². The van der Waals surface area contributed by atoms with Crippen LogP contribution >= 0.6 is 0 Å². The van der Waals surface area contributed by atoms with Crippen molar-refractivity contribution in [1.29, 1.82) is 0 Å². The molecule has 0 aliphatic heterocycles. The summed E-state index contributed by atoms with van der Waals surface area (Å²) in [6.45, 7) is 0. The number of carbonyl (C=O) groups is 1. The van der Waals surface area contributed by atoms with E-state index < -0.39 is 5.97 Å². The Hall–Kier alpha value is -3.74. The molecule has 5 rings (SSSR count). The van der Waals surface area contributed by atoms with Crippen LogP contribution in [0.15, 0.2) is 71.7 Å². The first-order valence-electron chi connectivity index (χ1n) is 10.4. The highest BCUT2D eigenvalue weighted by molar-refractivity contribution is 5.90. The van der Waals surface area contributed by atoms with Crippen molar-refractivity contribution in [2.45, 2.75) is 31.7 Å². The summed E-state index contributed by atoms with van der Waals surface area (Å²) in [6.07, 6.45) is 4.24. The molecule has 1 N–H and O–H groups in total. The smallest absolute Gasteiger partial charge is 0.303 e. The highest BCUT2D eigenvalue weighted by Gasteiger charge is 2.29. The zero-order chi connectivity index (χ0) is 21.4. The first-order valence-corrected chi connectivity index (χ1v) is 10.4. The Morgan fingerprint density at radius 3 is 2.61 bits per heavy atom. The van der Waals surface area contributed by atoms with Crippen LogP contribution in [0.1, 0.15) is 31.7 Å². The Balaban J connectivity index is 1.61. The van der Waals surface area contributed by atoms with E-state index in [1.54, 1.807) is 16.8 Å². The average Bonchev–Trinajstić information content (AvgIpc) is 3.39. The summed E-state index contributed by atoms with van der Waals surface area (Å²) in [6, 6.07) is 19.0. The van der Waals surface area contributed by atoms with Crippen LogP contribution in [0.4, 0.5) is 0 Å². The lowest BCUT2D eigenvalue weighted by atomic mass is 10.0. The van der Waals surface area contributed by atoms with Gasteiger partial charge in [-0.25, -0.2) is 9.20 Å². The number of benzene rings is 1. The molecule has 3 aromatic heterocycles. The molecule has 156 valence electrons. The number of carboxylic acids is 1. The first kappa shape index (κ1) is 19.2. The van der Waals surface area contributed by atoms with Crippen LogP contribution in [0.2, 0.25) is 0 Å². The monoisotopic (exact) mass is 414 g/mol. The van der Waals surface area contributed by atoms with Crippen molar-refractivity contribution in [3.63, 3.8) is 0 Å². The van der Waals surface area contributed by atoms with E-state index in [4.69, 9.17) is 15.3 Å². The van der Waals surface area contributed by atoms with Crippen molar-refractivity contribution in [2.24, 2.45) is 5.92 Å². The van der Waals surface area contributed by atoms with Crippen LogP contribution in [0.25, 0.3) is 28.0 Å². The maximum atomic E-state index is 12.6. The summed E-state index contributed by atoms with van der Waals surface area (Å²) >= 11 is 0. The molecule has 2 atom stereocenters. The fourth-order valence-electron chi connectivity index (χ4n) is 4.57. The lowest BCUT2D eigenvalue weighted by Crippen LogP contribution is -2.26. The van der Waals surface area contributed by atoms with Gasteiger partial charge in [-0.2, -0.15) is 10.2 Å². The predicted octanol–water partition coefficient (Wildman–Crippen LogP) is 4.04. The summed E-state index contributed by atoms with van der Waals surface area (Å²) in [5.74, 6) is -0.713. The molecule has 1 saturated carbocycles. The average molecular weight is 414 g/mol. The van der Waals surface area contributed by atoms with Gasteiger partial charge in [0, 0.05) is 24.2 Å². The third-order valence-corrected chi connectivity index (χ3v) is 5.99. The maximum Gasteiger partial charge on any atom is 0.303 e. The summed E-state index contributed by atoms with van der Waals surface area (Å²) in [4.78, 5) is 23.7. The molecular formula is C24H22N4O3. The number of fused-ring (bicyclic) bond motifs is 1. The lowest BCUT2D eigenvalue weighted by Gasteiger charge is -2.14. The number of carboxylic acid groups (broad SMARTS) is 1. The van der Waals surface area contributed by atoms with Crippen LogP contribution < -0.4 is 5.56 Å². The van der Waals surface area contributed by atoms with E-state index >= 15 is 0 Å². The van der Waals surface area contributed by atoms with Crippen molar-refractivity contribution in [3.05, 3.63) is 77.2 Å². The topological polar surface area (TPSA) is 89.5 Å². The Morgan fingerprint density at radius 1 is 1.00 bits per heavy atom. The lowest BCUT2D eigenvalue weighted by molar-refractivity contribution is -0.138. The van der Waals surface area contributed by atoms with Gasteiger partial charge in [-0.05, 0) is 43.4 Å². The van der Waals surface area contributed by atoms with E-state index in [1.165, 1.54) is 0 Å². The molecule has 3 heterocycles. The van der Waals surface area contributed by atoms with E-state index in [-0.39, 0.29) is 23.9 Å². The van der Waals surface area contributed by atoms with Crippen LogP contribution in [-0.2, 0) is 4.79 Å². The third-order valence-electron chi connectivity index (χ3n) is 5.99. The number of hydrogen-bond acceptors (Lipinski definition) is 4. The fraction of sp³-hybridized carbons (Fsp3) is 0.250. The second-order valence-corrected chi connectivity index (χ2v) is 8.05. The Bertz CT molecular complexity index is 1310. The van der Waals surface area contributed by atoms with Crippen LogP contribution in [0.5, 0.6) is 0 Å². The molecule has 0 saturated heterocycles. The molecule has 0 radical (unpaired) electrons. The number of nitrogens with zero attached hydrogens (tertiary/aromatic N) is 4. The molecule has 1 aliphatic rings. The summed E-state index contributed by atoms with van der Waals surface area (Å²) in [5.41, 5.74) is 4.08. The largest absolute Gasteiger partial charge is 0.481 e. The first-order chi connectivity index (χ1) is 15.1. The van der Waals surface area contributed by atoms with Gasteiger partial charge in [0.05, 0.1) is 22.8 Å². The highest BCUT2D eigenvalue weighted by Crippen LogP contribution is 2.37. The van der Waals surface area contributed by atoms with E-state index in [0.29, 0.717) is 12.1 Å². The van der Waals surface area contributed by atoms with Gasteiger partial charge in [0.15, 0.2) is 0 Å². The van der Waals surface area contributed by atoms with Gasteiger partial charge in [0.25, 0.3) is 5.56 Å². The molecule has 0 unspecified atom stereocenters. The van der Waals surface area contributed by atoms with Crippen molar-refractivity contribution < 1.29 is 9.90 Å². The summed E-state index contributed by atoms with van der Waals surface area (Å²) in [5, 5.41) is 18.6. The van der Waals surface area contributed by atoms with E-state index in [0.717, 1.165) is 35.2 Å². The SMILES string of the molecule is O=C(O)C[C@@H]1CC[C@@H](n2nc(-c3c(-c4ccccc4)nn4ccccc34)ccc2=O)C1. The molecule has 7 heteroatoms. The minimum atomic E-state index is -0.793. The molecule has 1 aromatic carbocycles. The molecule has 1 aliphatic carbocycles. The van der Waals surface area contributed by atoms with Gasteiger partial charge in [-0.15, -0.1) is 0 Å². The minimum Gasteiger partial charge on any atom is -0.481 e. The minimum absolute atomic E-state index is 0.0803. The predicted molar refractivity (Wildman–Crippen MR) is 117 cm³/mol. The second kappa shape index (κ2) is 7.83. The van der Waals surface area contributed by atoms with Crippen LogP contribution in [-0.4, -0.2) is 30.5 Å². The van der Waals surface area contributed by atoms with Gasteiger partial charge in [0.2, 0.25) is 0 Å². The van der Waals surface area contributed by atoms with Gasteiger partial charge in [-0.1, -0.05) is 36.4 Å². The molecule has 0 amide bonds. The van der Waals surface area contributed by atoms with Crippen LogP contribution in [0, 0.1) is 5.92 Å². The summed E-state index contributed by atoms with van der Waals surface area (Å²) in [7, 11) is 0. The molecule has 4 aromatic rings. The third kappa shape index (κ3) is 3.63. The zero-order valence-corrected chi connectivity index (χ0v) is 16.9. The van der Waals surface area contributed by atoms with Crippen molar-refractivity contribution in [2.75, 3.05) is 0 Å². The van der Waals surface area contributed by atoms with Gasteiger partial charge >= 0.3 is 5.97 Å². The van der Waals surface area contributed by atoms with Gasteiger partial charge in [-0.3, -0.25) is 9.59 Å². The highest BCUT2D eigenvalue weighted by atomic mass is 16.4. The number of pyridine rings is 1. The number of rotatable bonds is 5. The molecule has 7 nitrogen and oxygen atoms in total. The Kier molecular flexibility index (Phi) is 4.86. The van der Waals surface area contributed by atoms with E-state index in [9.17, 15) is 9.59 Å². The molecule has 0 spiro atoms. The van der Waals surface area contributed by atoms with Crippen molar-refractivity contribution in [1.82, 2.24) is 19.4 Å². The normalized spacial score (nSPS) is 18.5. The number of hydrogen-bond donors (Lipinski definition) is 1. The standard InChI is InChI=1S/C24H22N4O3/c29-21-12-11-19(25-28(21)18-10-9-16(14-18)15-22(30)31)23-20-8-4-5-13-27(20)26-24(23)17-6-2-1-3-7-17/h1-8,11-13,16,18H,9-10,14-15H2,(H,30,31)/t16-,18-/m1/s1. The van der Waals surface area contributed by atoms with Crippen molar-refractivity contribution >= 4 is 11.5 Å². The second-order valence-electron chi connectivity index (χ2n) is 8.05. The number of aliphatic carboxylic acids is 1. The van der Waals surface area contributed by atoms with E-state index in [1.807, 2.05) is 59.2 Å². The van der Waals surface area contributed by atoms with Gasteiger partial charge < -0.3 is 5.11 Å². The number of aromatic nitrogens is 4. The van der Waals surface area contributed by atoms with Crippen molar-refractivity contribution in [3.8, 4) is 22.5 Å². The zero-order valence-electron chi connectivity index (χ0n) is 16.9. The molecule has 31 heavy (non-hydrogen) atoms.